The molecule has 38 valence electrons. The van der Waals surface area contributed by atoms with Crippen molar-refractivity contribution in [2.24, 2.45) is 0 Å². The van der Waals surface area contributed by atoms with Gasteiger partial charge in [0.25, 0.3) is 0 Å². The Morgan fingerprint density at radius 2 is 1.50 bits per heavy atom. The molecule has 0 aliphatic carbocycles. The van der Waals surface area contributed by atoms with Crippen LogP contribution in [0.25, 0.3) is 0 Å². The van der Waals surface area contributed by atoms with Crippen LogP contribution in [0.15, 0.2) is 11.6 Å². The molecular weight excluding hydrogens is 140 g/mol. The minimum Gasteiger partial charge on any atom is -1.00 e. The van der Waals surface area contributed by atoms with Crippen LogP contribution in [0.5, 0.6) is 0 Å². The van der Waals surface area contributed by atoms with Crippen LogP contribution in [0, 0.1) is 0 Å². The summed E-state index contributed by atoms with van der Waals surface area (Å²) in [7, 11) is 0. The molecule has 0 aliphatic rings. The number of rotatable bonds is 0. The Balaban J connectivity index is 0. The monoisotopic (exact) mass is 149 g/mol. The van der Waals surface area contributed by atoms with Gasteiger partial charge in [-0.3, -0.25) is 0 Å². The van der Waals surface area contributed by atoms with E-state index in [0.29, 0.717) is 0 Å². The van der Waals surface area contributed by atoms with Gasteiger partial charge in [-0.2, -0.15) is 0 Å². The van der Waals surface area contributed by atoms with Gasteiger partial charge >= 0.3 is 0 Å². The predicted molar refractivity (Wildman–Crippen MR) is 25.1 cm³/mol. The molecule has 0 saturated carbocycles. The third-order valence-corrected chi connectivity index (χ3v) is 0.577. The lowest BCUT2D eigenvalue weighted by molar-refractivity contribution is -0.00000131. The Hall–Kier alpha value is 0.220. The van der Waals surface area contributed by atoms with Crippen LogP contribution in [0.4, 0.5) is 0 Å². The van der Waals surface area contributed by atoms with Gasteiger partial charge in [-0.25, -0.2) is 0 Å². The van der Waals surface area contributed by atoms with E-state index >= 15 is 0 Å². The molecule has 0 aromatic heterocycles. The van der Waals surface area contributed by atoms with E-state index in [2.05, 4.69) is 19.9 Å². The summed E-state index contributed by atoms with van der Waals surface area (Å²) in [6.07, 6.45) is 2.08. The maximum absolute atomic E-state index is 2.08. The summed E-state index contributed by atoms with van der Waals surface area (Å²) < 4.78 is 0. The van der Waals surface area contributed by atoms with Crippen LogP contribution in [0.3, 0.4) is 0 Å². The Bertz CT molecular complexity index is 41.9. The number of allylic oxidation sites excluding steroid dienone is 2. The van der Waals surface area contributed by atoms with E-state index < -0.39 is 0 Å². The molecule has 0 bridgehead atoms. The molecule has 0 aromatic rings. The van der Waals surface area contributed by atoms with Crippen LogP contribution >= 0.6 is 0 Å². The number of hydrogen-bond acceptors (Lipinski definition) is 0. The smallest absolute Gasteiger partial charge is 0.0442 e. The van der Waals surface area contributed by atoms with Gasteiger partial charge in [0, 0.05) is 0 Å². The van der Waals surface area contributed by atoms with Crippen molar-refractivity contribution in [1.82, 2.24) is 0 Å². The van der Waals surface area contributed by atoms with Gasteiger partial charge in [0.05, 0.1) is 0 Å². The molecule has 0 fully saturated rings. The standard InChI is InChI=1S/C5H10.BrH/c1-4-5(2)3;/h4H,1-3H3;1H/p-1. The highest BCUT2D eigenvalue weighted by atomic mass is 79.9. The van der Waals surface area contributed by atoms with Gasteiger partial charge in [0.2, 0.25) is 0 Å². The molecular formula is C5H10Br-. The summed E-state index contributed by atoms with van der Waals surface area (Å²) in [6, 6.07) is 0. The average molecular weight is 150 g/mol. The van der Waals surface area contributed by atoms with Crippen LogP contribution in [0.1, 0.15) is 20.8 Å². The quantitative estimate of drug-likeness (QED) is 0.387. The summed E-state index contributed by atoms with van der Waals surface area (Å²) in [5.74, 6) is 0. The van der Waals surface area contributed by atoms with Crippen molar-refractivity contribution in [1.29, 1.82) is 0 Å². The average Bonchev–Trinajstić information content (AvgIpc) is 1.38. The van der Waals surface area contributed by atoms with Crippen molar-refractivity contribution >= 4 is 0 Å². The molecule has 6 heavy (non-hydrogen) atoms. The van der Waals surface area contributed by atoms with E-state index in [4.69, 9.17) is 0 Å². The first-order valence-corrected chi connectivity index (χ1v) is 1.87. The van der Waals surface area contributed by atoms with Crippen LogP contribution < -0.4 is 17.0 Å². The maximum Gasteiger partial charge on any atom is -0.0442 e. The van der Waals surface area contributed by atoms with Crippen molar-refractivity contribution in [2.45, 2.75) is 20.8 Å². The second-order valence-corrected chi connectivity index (χ2v) is 1.37. The zero-order valence-corrected chi connectivity index (χ0v) is 6.04. The summed E-state index contributed by atoms with van der Waals surface area (Å²) in [5.41, 5.74) is 1.38. The fourth-order valence-corrected chi connectivity index (χ4v) is 0. The highest BCUT2D eigenvalue weighted by Gasteiger charge is 1.60. The van der Waals surface area contributed by atoms with Gasteiger partial charge in [-0.15, -0.1) is 0 Å². The van der Waals surface area contributed by atoms with E-state index in [1.54, 1.807) is 0 Å². The van der Waals surface area contributed by atoms with Gasteiger partial charge in [-0.1, -0.05) is 11.6 Å². The molecule has 0 rings (SSSR count). The van der Waals surface area contributed by atoms with Gasteiger partial charge < -0.3 is 17.0 Å². The van der Waals surface area contributed by atoms with Crippen molar-refractivity contribution < 1.29 is 17.0 Å². The Kier molecular flexibility index (Phi) is 8.28. The SMILES string of the molecule is CC=C(C)C.[Br-]. The molecule has 0 saturated heterocycles. The molecule has 0 radical (unpaired) electrons. The van der Waals surface area contributed by atoms with E-state index in [-0.39, 0.29) is 17.0 Å². The Morgan fingerprint density at radius 1 is 1.33 bits per heavy atom. The summed E-state index contributed by atoms with van der Waals surface area (Å²) >= 11 is 0. The minimum absolute atomic E-state index is 0. The van der Waals surface area contributed by atoms with Crippen molar-refractivity contribution in [2.75, 3.05) is 0 Å². The first-order chi connectivity index (χ1) is 2.27. The first-order valence-electron chi connectivity index (χ1n) is 1.87. The lowest BCUT2D eigenvalue weighted by Gasteiger charge is -1.74. The summed E-state index contributed by atoms with van der Waals surface area (Å²) in [4.78, 5) is 0. The molecule has 0 spiro atoms. The highest BCUT2D eigenvalue weighted by molar-refractivity contribution is 4.88. The zero-order valence-electron chi connectivity index (χ0n) is 4.46. The molecule has 0 heterocycles. The topological polar surface area (TPSA) is 0 Å². The molecule has 0 aliphatic heterocycles. The van der Waals surface area contributed by atoms with Gasteiger partial charge in [-0.05, 0) is 20.8 Å². The minimum atomic E-state index is 0. The normalized spacial score (nSPS) is 5.83. The van der Waals surface area contributed by atoms with Crippen LogP contribution in [-0.4, -0.2) is 0 Å². The molecule has 1 heteroatoms. The Labute approximate surface area is 50.0 Å². The molecule has 0 amide bonds. The maximum atomic E-state index is 2.08. The lowest BCUT2D eigenvalue weighted by atomic mass is 10.3. The van der Waals surface area contributed by atoms with Crippen LogP contribution in [-0.2, 0) is 0 Å². The van der Waals surface area contributed by atoms with E-state index in [0.717, 1.165) is 0 Å². The van der Waals surface area contributed by atoms with Crippen molar-refractivity contribution in [3.05, 3.63) is 11.6 Å². The number of halogens is 1. The Morgan fingerprint density at radius 3 is 1.50 bits per heavy atom. The molecule has 0 unspecified atom stereocenters. The molecule has 0 aromatic carbocycles. The van der Waals surface area contributed by atoms with E-state index in [1.807, 2.05) is 6.92 Å². The molecule has 0 N–H and O–H groups in total. The van der Waals surface area contributed by atoms with Crippen molar-refractivity contribution in [3.8, 4) is 0 Å². The van der Waals surface area contributed by atoms with Crippen LogP contribution in [0.2, 0.25) is 0 Å². The predicted octanol–water partition coefficient (Wildman–Crippen LogP) is -1.02. The largest absolute Gasteiger partial charge is 1.00 e. The zero-order chi connectivity index (χ0) is 4.28. The molecule has 0 atom stereocenters. The fourth-order valence-electron chi connectivity index (χ4n) is 0. The second-order valence-electron chi connectivity index (χ2n) is 1.37. The van der Waals surface area contributed by atoms with Crippen molar-refractivity contribution in [3.63, 3.8) is 0 Å². The number of hydrogen-bond donors (Lipinski definition) is 0. The lowest BCUT2D eigenvalue weighted by Crippen LogP contribution is -3.00. The highest BCUT2D eigenvalue weighted by Crippen LogP contribution is 1.82. The van der Waals surface area contributed by atoms with E-state index in [1.165, 1.54) is 5.57 Å². The third-order valence-electron chi connectivity index (χ3n) is 0.577. The first kappa shape index (κ1) is 9.52. The second kappa shape index (κ2) is 5.22. The van der Waals surface area contributed by atoms with Gasteiger partial charge in [0.1, 0.15) is 0 Å². The van der Waals surface area contributed by atoms with Gasteiger partial charge in [0.15, 0.2) is 0 Å². The van der Waals surface area contributed by atoms with E-state index in [9.17, 15) is 0 Å². The summed E-state index contributed by atoms with van der Waals surface area (Å²) in [6.45, 7) is 6.20. The molecule has 0 nitrogen and oxygen atoms in total. The third kappa shape index (κ3) is 8.88. The summed E-state index contributed by atoms with van der Waals surface area (Å²) in [5, 5.41) is 0. The fraction of sp³-hybridized carbons (Fsp3) is 0.600.